The summed E-state index contributed by atoms with van der Waals surface area (Å²) in [6.45, 7) is -0.691. The van der Waals surface area contributed by atoms with Gasteiger partial charge in [0.2, 0.25) is 0 Å². The molecule has 0 aliphatic rings. The van der Waals surface area contributed by atoms with Gasteiger partial charge in [0.1, 0.15) is 12.4 Å². The van der Waals surface area contributed by atoms with Crippen LogP contribution in [0.4, 0.5) is 8.78 Å². The van der Waals surface area contributed by atoms with E-state index in [1.54, 1.807) is 12.1 Å². The maximum atomic E-state index is 11.8. The van der Waals surface area contributed by atoms with Gasteiger partial charge in [-0.2, -0.15) is 0 Å². The largest absolute Gasteiger partial charge is 0.495 e. The summed E-state index contributed by atoms with van der Waals surface area (Å²) in [7, 11) is 1.47. The number of ketones is 1. The van der Waals surface area contributed by atoms with Gasteiger partial charge in [-0.15, -0.1) is 0 Å². The molecule has 0 aromatic heterocycles. The molecular formula is C12H13ClF2O3. The van der Waals surface area contributed by atoms with Crippen LogP contribution in [0, 0.1) is 0 Å². The van der Waals surface area contributed by atoms with Crippen LogP contribution in [0.3, 0.4) is 0 Å². The second kappa shape index (κ2) is 7.28. The van der Waals surface area contributed by atoms with Crippen molar-refractivity contribution in [3.63, 3.8) is 0 Å². The van der Waals surface area contributed by atoms with E-state index in [-0.39, 0.29) is 18.8 Å². The van der Waals surface area contributed by atoms with Crippen LogP contribution < -0.4 is 4.74 Å². The van der Waals surface area contributed by atoms with Crippen LogP contribution in [0.1, 0.15) is 16.8 Å². The minimum absolute atomic E-state index is 0.0349. The lowest BCUT2D eigenvalue weighted by molar-refractivity contribution is 0.0170. The quantitative estimate of drug-likeness (QED) is 0.567. The van der Waals surface area contributed by atoms with Crippen molar-refractivity contribution in [1.29, 1.82) is 0 Å². The van der Waals surface area contributed by atoms with Gasteiger partial charge in [0.15, 0.2) is 5.78 Å². The Morgan fingerprint density at radius 2 is 2.17 bits per heavy atom. The number of ether oxygens (including phenoxy) is 2. The van der Waals surface area contributed by atoms with Crippen molar-refractivity contribution in [2.24, 2.45) is 0 Å². The van der Waals surface area contributed by atoms with E-state index < -0.39 is 13.0 Å². The third-order valence-electron chi connectivity index (χ3n) is 2.19. The molecule has 0 heterocycles. The van der Waals surface area contributed by atoms with E-state index in [1.807, 2.05) is 0 Å². The Labute approximate surface area is 109 Å². The van der Waals surface area contributed by atoms with E-state index in [2.05, 4.69) is 4.74 Å². The van der Waals surface area contributed by atoms with Crippen LogP contribution in [0.15, 0.2) is 18.2 Å². The van der Waals surface area contributed by atoms with Gasteiger partial charge in [0, 0.05) is 12.0 Å². The second-order valence-corrected chi connectivity index (χ2v) is 3.90. The average molecular weight is 279 g/mol. The van der Waals surface area contributed by atoms with E-state index >= 15 is 0 Å². The first-order chi connectivity index (χ1) is 8.54. The molecule has 0 bridgehead atoms. The number of methoxy groups -OCH3 is 1. The number of Topliss-reactive ketones (excluding diaryl/α,β-unsaturated/α-hetero) is 1. The van der Waals surface area contributed by atoms with E-state index in [1.165, 1.54) is 13.2 Å². The molecule has 1 aromatic carbocycles. The number of benzene rings is 1. The summed E-state index contributed by atoms with van der Waals surface area (Å²) in [6, 6.07) is 4.63. The first-order valence-corrected chi connectivity index (χ1v) is 5.65. The van der Waals surface area contributed by atoms with Gasteiger partial charge in [0.25, 0.3) is 6.43 Å². The van der Waals surface area contributed by atoms with E-state index in [0.29, 0.717) is 16.3 Å². The van der Waals surface area contributed by atoms with Crippen molar-refractivity contribution in [2.75, 3.05) is 20.3 Å². The van der Waals surface area contributed by atoms with Gasteiger partial charge in [-0.1, -0.05) is 11.6 Å². The Bertz CT molecular complexity index is 410. The zero-order valence-electron chi connectivity index (χ0n) is 9.79. The summed E-state index contributed by atoms with van der Waals surface area (Å²) in [5.74, 6) is 0.260. The molecule has 0 saturated heterocycles. The van der Waals surface area contributed by atoms with Crippen LogP contribution >= 0.6 is 11.6 Å². The lowest BCUT2D eigenvalue weighted by Gasteiger charge is -2.06. The van der Waals surface area contributed by atoms with Gasteiger partial charge < -0.3 is 9.47 Å². The maximum Gasteiger partial charge on any atom is 0.261 e. The molecule has 6 heteroatoms. The molecule has 100 valence electrons. The van der Waals surface area contributed by atoms with Crippen molar-refractivity contribution in [2.45, 2.75) is 12.8 Å². The maximum absolute atomic E-state index is 11.8. The molecule has 0 unspecified atom stereocenters. The molecule has 18 heavy (non-hydrogen) atoms. The smallest absolute Gasteiger partial charge is 0.261 e. The number of carbonyl (C=O) groups is 1. The molecule has 0 radical (unpaired) electrons. The number of carbonyl (C=O) groups excluding carboxylic acids is 1. The number of hydrogen-bond donors (Lipinski definition) is 0. The number of hydrogen-bond acceptors (Lipinski definition) is 3. The summed E-state index contributed by atoms with van der Waals surface area (Å²) in [4.78, 5) is 11.7. The van der Waals surface area contributed by atoms with Gasteiger partial charge in [-0.3, -0.25) is 4.79 Å². The standard InChI is InChI=1S/C12H13ClF2O3/c1-17-11-3-2-8(6-9(11)13)10(16)4-5-18-7-12(14)15/h2-3,6,12H,4-5,7H2,1H3. The number of halogens is 3. The lowest BCUT2D eigenvalue weighted by atomic mass is 10.1. The van der Waals surface area contributed by atoms with Crippen LogP contribution in [0.2, 0.25) is 5.02 Å². The summed E-state index contributed by atoms with van der Waals surface area (Å²) in [5.41, 5.74) is 0.404. The molecule has 1 rings (SSSR count). The summed E-state index contributed by atoms with van der Waals surface area (Å²) >= 11 is 5.87. The van der Waals surface area contributed by atoms with Crippen LogP contribution in [0.5, 0.6) is 5.75 Å². The highest BCUT2D eigenvalue weighted by Gasteiger charge is 2.10. The molecule has 0 N–H and O–H groups in total. The Kier molecular flexibility index (Phi) is 6.01. The molecule has 0 amide bonds. The first-order valence-electron chi connectivity index (χ1n) is 5.27. The van der Waals surface area contributed by atoms with Gasteiger partial charge >= 0.3 is 0 Å². The number of rotatable bonds is 7. The molecule has 0 spiro atoms. The zero-order chi connectivity index (χ0) is 13.5. The molecule has 1 aromatic rings. The van der Waals surface area contributed by atoms with Crippen LogP contribution in [0.25, 0.3) is 0 Å². The van der Waals surface area contributed by atoms with Crippen molar-refractivity contribution < 1.29 is 23.0 Å². The second-order valence-electron chi connectivity index (χ2n) is 3.49. The highest BCUT2D eigenvalue weighted by atomic mass is 35.5. The minimum Gasteiger partial charge on any atom is -0.495 e. The van der Waals surface area contributed by atoms with Gasteiger partial charge in [0.05, 0.1) is 18.7 Å². The molecule has 3 nitrogen and oxygen atoms in total. The first kappa shape index (κ1) is 14.9. The average Bonchev–Trinajstić information content (AvgIpc) is 2.34. The molecule has 0 saturated carbocycles. The van der Waals surface area contributed by atoms with E-state index in [4.69, 9.17) is 16.3 Å². The molecule has 0 fully saturated rings. The molecule has 0 aliphatic heterocycles. The third kappa shape index (κ3) is 4.58. The SMILES string of the molecule is COc1ccc(C(=O)CCOCC(F)F)cc1Cl. The number of alkyl halides is 2. The third-order valence-corrected chi connectivity index (χ3v) is 2.49. The minimum atomic E-state index is -2.52. The topological polar surface area (TPSA) is 35.5 Å². The van der Waals surface area contributed by atoms with E-state index in [9.17, 15) is 13.6 Å². The summed E-state index contributed by atoms with van der Waals surface area (Å²) in [5, 5.41) is 0.330. The summed E-state index contributed by atoms with van der Waals surface area (Å²) < 4.78 is 33.1. The molecular weight excluding hydrogens is 266 g/mol. The highest BCUT2D eigenvalue weighted by molar-refractivity contribution is 6.32. The zero-order valence-corrected chi connectivity index (χ0v) is 10.5. The fraction of sp³-hybridized carbons (Fsp3) is 0.417. The summed E-state index contributed by atoms with van der Waals surface area (Å²) in [6.07, 6.45) is -2.48. The predicted molar refractivity (Wildman–Crippen MR) is 63.8 cm³/mol. The monoisotopic (exact) mass is 278 g/mol. The molecule has 0 atom stereocenters. The Balaban J connectivity index is 2.49. The normalized spacial score (nSPS) is 10.7. The molecule has 0 aliphatic carbocycles. The Hall–Kier alpha value is -1.20. The lowest BCUT2D eigenvalue weighted by Crippen LogP contribution is -2.09. The Morgan fingerprint density at radius 1 is 1.44 bits per heavy atom. The van der Waals surface area contributed by atoms with Crippen molar-refractivity contribution in [1.82, 2.24) is 0 Å². The van der Waals surface area contributed by atoms with Crippen molar-refractivity contribution in [3.8, 4) is 5.75 Å². The highest BCUT2D eigenvalue weighted by Crippen LogP contribution is 2.25. The van der Waals surface area contributed by atoms with Crippen LogP contribution in [-0.4, -0.2) is 32.5 Å². The fourth-order valence-electron chi connectivity index (χ4n) is 1.32. The predicted octanol–water partition coefficient (Wildman–Crippen LogP) is 3.20. The fourth-order valence-corrected chi connectivity index (χ4v) is 1.58. The van der Waals surface area contributed by atoms with Crippen molar-refractivity contribution >= 4 is 17.4 Å². The van der Waals surface area contributed by atoms with Crippen molar-refractivity contribution in [3.05, 3.63) is 28.8 Å². The Morgan fingerprint density at radius 3 is 2.72 bits per heavy atom. The van der Waals surface area contributed by atoms with Crippen LogP contribution in [-0.2, 0) is 4.74 Å². The van der Waals surface area contributed by atoms with Gasteiger partial charge in [-0.05, 0) is 18.2 Å². The van der Waals surface area contributed by atoms with E-state index in [0.717, 1.165) is 0 Å². The van der Waals surface area contributed by atoms with Gasteiger partial charge in [-0.25, -0.2) is 8.78 Å².